The topological polar surface area (TPSA) is 50.3 Å². The predicted octanol–water partition coefficient (Wildman–Crippen LogP) is 1.68. The molecule has 0 bridgehead atoms. The molecule has 1 saturated heterocycles. The van der Waals surface area contributed by atoms with Crippen LogP contribution in [0, 0.1) is 19.3 Å². The van der Waals surface area contributed by atoms with Crippen molar-refractivity contribution < 1.29 is 9.59 Å². The minimum Gasteiger partial charge on any atom is -0.345 e. The quantitative estimate of drug-likeness (QED) is 0.777. The molecule has 1 unspecified atom stereocenters. The Balaban J connectivity index is 2.20. The van der Waals surface area contributed by atoms with E-state index in [1.807, 2.05) is 26.0 Å². The number of Topliss-reactive ketones (excluding diaryl/α,β-unsaturated/α-hetero) is 1. The molecule has 1 aromatic rings. The first-order valence-electron chi connectivity index (χ1n) is 6.56. The van der Waals surface area contributed by atoms with Crippen LogP contribution in [-0.4, -0.2) is 35.2 Å². The van der Waals surface area contributed by atoms with Crippen LogP contribution in [0.5, 0.6) is 0 Å². The van der Waals surface area contributed by atoms with E-state index in [-0.39, 0.29) is 18.1 Å². The van der Waals surface area contributed by atoms with Crippen molar-refractivity contribution >= 4 is 11.7 Å². The summed E-state index contributed by atoms with van der Waals surface area (Å²) in [4.78, 5) is 30.5. The number of ketones is 1. The van der Waals surface area contributed by atoms with Crippen molar-refractivity contribution in [2.75, 3.05) is 13.6 Å². The highest BCUT2D eigenvalue weighted by molar-refractivity contribution is 6.07. The molecular weight excluding hydrogens is 240 g/mol. The molecule has 1 atom stereocenters. The van der Waals surface area contributed by atoms with Crippen molar-refractivity contribution in [3.63, 3.8) is 0 Å². The highest BCUT2D eigenvalue weighted by Crippen LogP contribution is 2.32. The first kappa shape index (κ1) is 13.7. The molecule has 2 heterocycles. The van der Waals surface area contributed by atoms with Gasteiger partial charge >= 0.3 is 0 Å². The van der Waals surface area contributed by atoms with Gasteiger partial charge in [0.25, 0.3) is 0 Å². The van der Waals surface area contributed by atoms with Crippen LogP contribution >= 0.6 is 0 Å². The predicted molar refractivity (Wildman–Crippen MR) is 72.8 cm³/mol. The summed E-state index contributed by atoms with van der Waals surface area (Å²) in [5.41, 5.74) is 1.87. The van der Waals surface area contributed by atoms with Crippen molar-refractivity contribution in [2.24, 2.45) is 5.41 Å². The summed E-state index contributed by atoms with van der Waals surface area (Å²) in [6.07, 6.45) is 0.898. The fourth-order valence-corrected chi connectivity index (χ4v) is 2.55. The molecule has 0 N–H and O–H groups in total. The lowest BCUT2D eigenvalue weighted by atomic mass is 9.81. The van der Waals surface area contributed by atoms with Crippen molar-refractivity contribution in [3.8, 4) is 0 Å². The van der Waals surface area contributed by atoms with E-state index in [4.69, 9.17) is 0 Å². The van der Waals surface area contributed by atoms with Crippen LogP contribution in [0.3, 0.4) is 0 Å². The number of carbonyl (C=O) groups excluding carboxylic acids is 2. The summed E-state index contributed by atoms with van der Waals surface area (Å²) < 4.78 is 0. The molecule has 0 saturated carbocycles. The van der Waals surface area contributed by atoms with Crippen LogP contribution in [0.2, 0.25) is 0 Å². The summed E-state index contributed by atoms with van der Waals surface area (Å²) in [5, 5.41) is 0. The SMILES string of the molecule is Cc1ccc(CC(=O)C2(C)CCN(C)C2=O)c(C)n1. The van der Waals surface area contributed by atoms with E-state index >= 15 is 0 Å². The summed E-state index contributed by atoms with van der Waals surface area (Å²) in [6, 6.07) is 3.84. The second-order valence-electron chi connectivity index (χ2n) is 5.61. The Kier molecular flexibility index (Phi) is 3.43. The van der Waals surface area contributed by atoms with Gasteiger partial charge in [-0.15, -0.1) is 0 Å². The van der Waals surface area contributed by atoms with Crippen LogP contribution in [0.4, 0.5) is 0 Å². The molecule has 1 aliphatic heterocycles. The number of pyridine rings is 1. The van der Waals surface area contributed by atoms with Gasteiger partial charge in [-0.2, -0.15) is 0 Å². The Labute approximate surface area is 113 Å². The molecule has 102 valence electrons. The van der Waals surface area contributed by atoms with Crippen LogP contribution in [-0.2, 0) is 16.0 Å². The van der Waals surface area contributed by atoms with Gasteiger partial charge in [-0.25, -0.2) is 0 Å². The Bertz CT molecular complexity index is 539. The number of likely N-dealkylation sites (tertiary alicyclic amines) is 1. The molecule has 2 rings (SSSR count). The smallest absolute Gasteiger partial charge is 0.235 e. The number of carbonyl (C=O) groups is 2. The molecule has 0 spiro atoms. The van der Waals surface area contributed by atoms with E-state index < -0.39 is 5.41 Å². The van der Waals surface area contributed by atoms with E-state index in [9.17, 15) is 9.59 Å². The second-order valence-corrected chi connectivity index (χ2v) is 5.61. The van der Waals surface area contributed by atoms with Crippen LogP contribution in [0.1, 0.15) is 30.3 Å². The summed E-state index contributed by atoms with van der Waals surface area (Å²) >= 11 is 0. The number of aryl methyl sites for hydroxylation is 2. The Morgan fingerprint density at radius 2 is 2.11 bits per heavy atom. The lowest BCUT2D eigenvalue weighted by molar-refractivity contribution is -0.142. The minimum atomic E-state index is -0.855. The van der Waals surface area contributed by atoms with E-state index in [1.54, 1.807) is 18.9 Å². The fraction of sp³-hybridized carbons (Fsp3) is 0.533. The van der Waals surface area contributed by atoms with E-state index in [2.05, 4.69) is 4.98 Å². The number of hydrogen-bond donors (Lipinski definition) is 0. The first-order valence-corrected chi connectivity index (χ1v) is 6.56. The van der Waals surface area contributed by atoms with Gasteiger partial charge in [0.05, 0.1) is 0 Å². The summed E-state index contributed by atoms with van der Waals surface area (Å²) in [5.74, 6) is -0.0640. The lowest BCUT2D eigenvalue weighted by Gasteiger charge is -2.20. The normalized spacial score (nSPS) is 22.9. The van der Waals surface area contributed by atoms with Gasteiger partial charge in [0.15, 0.2) is 5.78 Å². The molecule has 19 heavy (non-hydrogen) atoms. The largest absolute Gasteiger partial charge is 0.345 e. The van der Waals surface area contributed by atoms with Gasteiger partial charge in [-0.1, -0.05) is 6.07 Å². The zero-order valence-electron chi connectivity index (χ0n) is 12.0. The molecule has 0 radical (unpaired) electrons. The highest BCUT2D eigenvalue weighted by Gasteiger charge is 2.46. The average Bonchev–Trinajstić information content (AvgIpc) is 2.62. The molecule has 0 aliphatic carbocycles. The van der Waals surface area contributed by atoms with Gasteiger partial charge in [0, 0.05) is 31.4 Å². The number of nitrogens with zero attached hydrogens (tertiary/aromatic N) is 2. The molecular formula is C15H20N2O2. The number of rotatable bonds is 3. The van der Waals surface area contributed by atoms with E-state index in [0.29, 0.717) is 13.0 Å². The zero-order valence-corrected chi connectivity index (χ0v) is 12.0. The second kappa shape index (κ2) is 4.76. The van der Waals surface area contributed by atoms with Gasteiger partial charge in [0.2, 0.25) is 5.91 Å². The fourth-order valence-electron chi connectivity index (χ4n) is 2.55. The number of hydrogen-bond acceptors (Lipinski definition) is 3. The zero-order chi connectivity index (χ0) is 14.2. The van der Waals surface area contributed by atoms with Crippen LogP contribution in [0.25, 0.3) is 0 Å². The Morgan fingerprint density at radius 3 is 2.63 bits per heavy atom. The van der Waals surface area contributed by atoms with Crippen molar-refractivity contribution in [2.45, 2.75) is 33.6 Å². The molecule has 1 fully saturated rings. The first-order chi connectivity index (χ1) is 8.84. The third-order valence-corrected chi connectivity index (χ3v) is 4.07. The molecule has 1 amide bonds. The molecule has 4 heteroatoms. The maximum absolute atomic E-state index is 12.5. The molecule has 0 aromatic carbocycles. The van der Waals surface area contributed by atoms with Gasteiger partial charge in [-0.05, 0) is 38.8 Å². The average molecular weight is 260 g/mol. The van der Waals surface area contributed by atoms with Crippen molar-refractivity contribution in [1.29, 1.82) is 0 Å². The highest BCUT2D eigenvalue weighted by atomic mass is 16.2. The third kappa shape index (κ3) is 2.39. The Hall–Kier alpha value is -1.71. The summed E-state index contributed by atoms with van der Waals surface area (Å²) in [7, 11) is 1.75. The molecule has 4 nitrogen and oxygen atoms in total. The van der Waals surface area contributed by atoms with Gasteiger partial charge < -0.3 is 4.90 Å². The van der Waals surface area contributed by atoms with Crippen LogP contribution in [0.15, 0.2) is 12.1 Å². The molecule has 1 aromatic heterocycles. The van der Waals surface area contributed by atoms with Crippen LogP contribution < -0.4 is 0 Å². The summed E-state index contributed by atoms with van der Waals surface area (Å²) in [6.45, 7) is 6.25. The maximum Gasteiger partial charge on any atom is 0.235 e. The Morgan fingerprint density at radius 1 is 1.42 bits per heavy atom. The maximum atomic E-state index is 12.5. The van der Waals surface area contributed by atoms with Gasteiger partial charge in [0.1, 0.15) is 5.41 Å². The number of aromatic nitrogens is 1. The number of amides is 1. The lowest BCUT2D eigenvalue weighted by Crippen LogP contribution is -2.37. The van der Waals surface area contributed by atoms with Crippen molar-refractivity contribution in [3.05, 3.63) is 29.1 Å². The monoisotopic (exact) mass is 260 g/mol. The molecule has 1 aliphatic rings. The van der Waals surface area contributed by atoms with Crippen molar-refractivity contribution in [1.82, 2.24) is 9.88 Å². The van der Waals surface area contributed by atoms with E-state index in [1.165, 1.54) is 0 Å². The van der Waals surface area contributed by atoms with E-state index in [0.717, 1.165) is 17.0 Å². The third-order valence-electron chi connectivity index (χ3n) is 4.07. The minimum absolute atomic E-state index is 0.00407. The standard InChI is InChI=1S/C15H20N2O2/c1-10-5-6-12(11(2)16-10)9-13(18)15(3)7-8-17(4)14(15)19/h5-6H,7-9H2,1-4H3. The van der Waals surface area contributed by atoms with Gasteiger partial charge in [-0.3, -0.25) is 14.6 Å².